The molecule has 1 heteroatoms. The molecule has 0 radical (unpaired) electrons. The zero-order valence-electron chi connectivity index (χ0n) is 11.7. The Balaban J connectivity index is 0.000000385. The molecule has 0 aliphatic carbocycles. The molecule has 0 saturated carbocycles. The van der Waals surface area contributed by atoms with Crippen molar-refractivity contribution in [2.24, 2.45) is 0 Å². The quantitative estimate of drug-likeness (QED) is 0.539. The van der Waals surface area contributed by atoms with Gasteiger partial charge in [-0.05, 0) is 38.7 Å². The van der Waals surface area contributed by atoms with Gasteiger partial charge >= 0.3 is 0 Å². The van der Waals surface area contributed by atoms with Crippen molar-refractivity contribution in [1.29, 1.82) is 0 Å². The van der Waals surface area contributed by atoms with E-state index in [9.17, 15) is 0 Å². The highest BCUT2D eigenvalue weighted by Gasteiger charge is 2.11. The second-order valence-corrected chi connectivity index (χ2v) is 7.32. The van der Waals surface area contributed by atoms with Crippen LogP contribution in [0, 0.1) is 6.92 Å². The lowest BCUT2D eigenvalue weighted by atomic mass is 9.87. The minimum absolute atomic E-state index is 0.0278. The Labute approximate surface area is 106 Å². The van der Waals surface area contributed by atoms with Crippen molar-refractivity contribution in [3.05, 3.63) is 35.4 Å². The highest BCUT2D eigenvalue weighted by Crippen LogP contribution is 2.21. The van der Waals surface area contributed by atoms with Crippen LogP contribution in [0.2, 0.25) is 0 Å². The average Bonchev–Trinajstić information content (AvgIpc) is 1.99. The maximum absolute atomic E-state index is 5.53. The zero-order chi connectivity index (χ0) is 13.0. The van der Waals surface area contributed by atoms with Crippen LogP contribution < -0.4 is 0 Å². The Kier molecular flexibility index (Phi) is 5.55. The van der Waals surface area contributed by atoms with Crippen molar-refractivity contribution in [3.63, 3.8) is 0 Å². The number of alkyl halides is 1. The molecular formula is C15H25Cl. The molecule has 0 N–H and O–H groups in total. The van der Waals surface area contributed by atoms with Gasteiger partial charge in [0.2, 0.25) is 0 Å². The Morgan fingerprint density at radius 1 is 0.812 bits per heavy atom. The third-order valence-electron chi connectivity index (χ3n) is 1.92. The van der Waals surface area contributed by atoms with Gasteiger partial charge in [0.25, 0.3) is 0 Å². The summed E-state index contributed by atoms with van der Waals surface area (Å²) < 4.78 is 0. The molecule has 0 fully saturated rings. The molecular weight excluding hydrogens is 216 g/mol. The Bertz CT molecular complexity index is 290. The van der Waals surface area contributed by atoms with E-state index in [-0.39, 0.29) is 10.3 Å². The molecule has 0 heterocycles. The monoisotopic (exact) mass is 240 g/mol. The molecule has 0 amide bonds. The third-order valence-corrected chi connectivity index (χ3v) is 1.92. The van der Waals surface area contributed by atoms with E-state index in [4.69, 9.17) is 11.6 Å². The van der Waals surface area contributed by atoms with Crippen LogP contribution in [0.25, 0.3) is 0 Å². The van der Waals surface area contributed by atoms with E-state index in [2.05, 4.69) is 52.0 Å². The maximum Gasteiger partial charge on any atom is 0.0362 e. The molecule has 0 aromatic heterocycles. The predicted molar refractivity (Wildman–Crippen MR) is 75.5 cm³/mol. The van der Waals surface area contributed by atoms with E-state index < -0.39 is 0 Å². The molecule has 1 aromatic rings. The molecule has 1 aromatic carbocycles. The number of benzene rings is 1. The first-order valence-electron chi connectivity index (χ1n) is 5.76. The molecule has 0 saturated heterocycles. The van der Waals surface area contributed by atoms with Crippen LogP contribution in [0.1, 0.15) is 52.7 Å². The molecule has 0 unspecified atom stereocenters. The van der Waals surface area contributed by atoms with E-state index in [1.807, 2.05) is 20.8 Å². The maximum atomic E-state index is 5.53. The summed E-state index contributed by atoms with van der Waals surface area (Å²) in [6.07, 6.45) is 0. The van der Waals surface area contributed by atoms with Crippen molar-refractivity contribution >= 4 is 11.6 Å². The van der Waals surface area contributed by atoms with Crippen molar-refractivity contribution in [2.75, 3.05) is 0 Å². The molecule has 0 aliphatic rings. The van der Waals surface area contributed by atoms with Gasteiger partial charge in [0.15, 0.2) is 0 Å². The standard InChI is InChI=1S/C11H16.C4H9Cl/c1-9-5-7-10(8-6-9)11(2,3)4;1-4(2,3)5/h5-8H,1-4H3;1-3H3. The summed E-state index contributed by atoms with van der Waals surface area (Å²) in [4.78, 5) is -0.0278. The largest absolute Gasteiger partial charge is 0.120 e. The molecule has 0 atom stereocenters. The fourth-order valence-corrected chi connectivity index (χ4v) is 1.05. The van der Waals surface area contributed by atoms with Crippen molar-refractivity contribution < 1.29 is 0 Å². The smallest absolute Gasteiger partial charge is 0.0362 e. The highest BCUT2D eigenvalue weighted by molar-refractivity contribution is 6.23. The average molecular weight is 241 g/mol. The van der Waals surface area contributed by atoms with Gasteiger partial charge in [-0.15, -0.1) is 11.6 Å². The van der Waals surface area contributed by atoms with Crippen LogP contribution in [0.4, 0.5) is 0 Å². The molecule has 0 spiro atoms. The van der Waals surface area contributed by atoms with Gasteiger partial charge in [-0.25, -0.2) is 0 Å². The van der Waals surface area contributed by atoms with Gasteiger partial charge in [0.05, 0.1) is 0 Å². The van der Waals surface area contributed by atoms with Gasteiger partial charge in [-0.2, -0.15) is 0 Å². The topological polar surface area (TPSA) is 0 Å². The van der Waals surface area contributed by atoms with Gasteiger partial charge in [0, 0.05) is 4.87 Å². The zero-order valence-corrected chi connectivity index (χ0v) is 12.4. The molecule has 0 nitrogen and oxygen atoms in total. The van der Waals surface area contributed by atoms with Gasteiger partial charge in [-0.3, -0.25) is 0 Å². The van der Waals surface area contributed by atoms with E-state index in [1.54, 1.807) is 0 Å². The van der Waals surface area contributed by atoms with Crippen molar-refractivity contribution in [3.8, 4) is 0 Å². The second kappa shape index (κ2) is 5.72. The van der Waals surface area contributed by atoms with Crippen LogP contribution in [-0.2, 0) is 5.41 Å². The predicted octanol–water partition coefficient (Wildman–Crippen LogP) is 5.32. The summed E-state index contributed by atoms with van der Waals surface area (Å²) >= 11 is 5.53. The summed E-state index contributed by atoms with van der Waals surface area (Å²) in [6.45, 7) is 14.7. The normalized spacial score (nSPS) is 11.8. The Morgan fingerprint density at radius 2 is 1.12 bits per heavy atom. The molecule has 16 heavy (non-hydrogen) atoms. The van der Waals surface area contributed by atoms with E-state index in [0.29, 0.717) is 0 Å². The first-order chi connectivity index (χ1) is 7.00. The van der Waals surface area contributed by atoms with Crippen LogP contribution in [0.3, 0.4) is 0 Å². The number of hydrogen-bond acceptors (Lipinski definition) is 0. The SMILES string of the molecule is CC(C)(C)Cl.Cc1ccc(C(C)(C)C)cc1. The summed E-state index contributed by atoms with van der Waals surface area (Å²) in [5, 5.41) is 0. The minimum Gasteiger partial charge on any atom is -0.120 e. The van der Waals surface area contributed by atoms with Crippen LogP contribution in [-0.4, -0.2) is 4.87 Å². The van der Waals surface area contributed by atoms with E-state index in [0.717, 1.165) is 0 Å². The first kappa shape index (κ1) is 15.5. The van der Waals surface area contributed by atoms with E-state index >= 15 is 0 Å². The van der Waals surface area contributed by atoms with Crippen molar-refractivity contribution in [2.45, 2.75) is 58.8 Å². The first-order valence-corrected chi connectivity index (χ1v) is 6.14. The summed E-state index contributed by atoms with van der Waals surface area (Å²) in [5.41, 5.74) is 3.02. The Hall–Kier alpha value is -0.490. The number of aryl methyl sites for hydroxylation is 1. The van der Waals surface area contributed by atoms with E-state index in [1.165, 1.54) is 11.1 Å². The molecule has 0 bridgehead atoms. The van der Waals surface area contributed by atoms with Crippen LogP contribution >= 0.6 is 11.6 Å². The Morgan fingerprint density at radius 3 is 1.38 bits per heavy atom. The fraction of sp³-hybridized carbons (Fsp3) is 0.600. The third kappa shape index (κ3) is 8.79. The number of halogens is 1. The van der Waals surface area contributed by atoms with Crippen LogP contribution in [0.5, 0.6) is 0 Å². The summed E-state index contributed by atoms with van der Waals surface area (Å²) in [6, 6.07) is 8.74. The summed E-state index contributed by atoms with van der Waals surface area (Å²) in [5.74, 6) is 0. The second-order valence-electron chi connectivity index (χ2n) is 6.18. The summed E-state index contributed by atoms with van der Waals surface area (Å²) in [7, 11) is 0. The molecule has 92 valence electrons. The number of hydrogen-bond donors (Lipinski definition) is 0. The van der Waals surface area contributed by atoms with Gasteiger partial charge in [-0.1, -0.05) is 50.6 Å². The molecule has 0 aliphatic heterocycles. The minimum atomic E-state index is -0.0278. The lowest BCUT2D eigenvalue weighted by molar-refractivity contribution is 0.590. The lowest BCUT2D eigenvalue weighted by Gasteiger charge is -2.18. The fourth-order valence-electron chi connectivity index (χ4n) is 1.05. The lowest BCUT2D eigenvalue weighted by Crippen LogP contribution is -2.10. The number of rotatable bonds is 0. The van der Waals surface area contributed by atoms with Gasteiger partial charge in [0.1, 0.15) is 0 Å². The van der Waals surface area contributed by atoms with Crippen LogP contribution in [0.15, 0.2) is 24.3 Å². The van der Waals surface area contributed by atoms with Gasteiger partial charge < -0.3 is 0 Å². The van der Waals surface area contributed by atoms with Crippen molar-refractivity contribution in [1.82, 2.24) is 0 Å². The highest BCUT2D eigenvalue weighted by atomic mass is 35.5. The molecule has 1 rings (SSSR count).